The monoisotopic (exact) mass is 383 g/mol. The summed E-state index contributed by atoms with van der Waals surface area (Å²) in [5, 5.41) is 11.5. The van der Waals surface area contributed by atoms with Crippen molar-refractivity contribution < 1.29 is 9.47 Å². The number of allylic oxidation sites excluding steroid dienone is 2. The maximum Gasteiger partial charge on any atom is 0.145 e. The molecule has 0 amide bonds. The molecule has 0 atom stereocenters. The standard InChI is InChI=1S/C26H25NO2/c1-5-9-19-13-23-16-26(29-24-12-8-7-11-21(24)17-27)20(10-6-2)14-22(23)15-25(19)28-18(3)4/h5-8,11-16,18H,1-2,9-10H2,3-4H3. The van der Waals surface area contributed by atoms with E-state index in [4.69, 9.17) is 9.47 Å². The summed E-state index contributed by atoms with van der Waals surface area (Å²) < 4.78 is 12.2. The Morgan fingerprint density at radius 3 is 2.07 bits per heavy atom. The topological polar surface area (TPSA) is 42.2 Å². The summed E-state index contributed by atoms with van der Waals surface area (Å²) in [6.45, 7) is 11.8. The summed E-state index contributed by atoms with van der Waals surface area (Å²) in [5.74, 6) is 2.15. The van der Waals surface area contributed by atoms with E-state index in [1.807, 2.05) is 50.3 Å². The molecule has 0 aliphatic carbocycles. The first-order valence-electron chi connectivity index (χ1n) is 9.70. The van der Waals surface area contributed by atoms with Crippen LogP contribution >= 0.6 is 0 Å². The number of hydrogen-bond donors (Lipinski definition) is 0. The lowest BCUT2D eigenvalue weighted by atomic mass is 9.99. The van der Waals surface area contributed by atoms with Crippen LogP contribution in [-0.2, 0) is 12.8 Å². The van der Waals surface area contributed by atoms with E-state index in [1.54, 1.807) is 6.07 Å². The second-order valence-electron chi connectivity index (χ2n) is 7.13. The fraction of sp³-hybridized carbons (Fsp3) is 0.192. The van der Waals surface area contributed by atoms with E-state index in [-0.39, 0.29) is 6.10 Å². The zero-order valence-corrected chi connectivity index (χ0v) is 16.9. The highest BCUT2D eigenvalue weighted by Crippen LogP contribution is 2.35. The molecule has 0 N–H and O–H groups in total. The molecule has 0 saturated heterocycles. The number of fused-ring (bicyclic) bond motifs is 1. The van der Waals surface area contributed by atoms with Crippen LogP contribution in [0.1, 0.15) is 30.5 Å². The van der Waals surface area contributed by atoms with Gasteiger partial charge in [-0.15, -0.1) is 13.2 Å². The lowest BCUT2D eigenvalue weighted by Gasteiger charge is -2.17. The van der Waals surface area contributed by atoms with Gasteiger partial charge in [-0.3, -0.25) is 0 Å². The minimum absolute atomic E-state index is 0.0914. The molecule has 0 spiro atoms. The first kappa shape index (κ1) is 20.2. The second kappa shape index (κ2) is 9.12. The number of nitriles is 1. The lowest BCUT2D eigenvalue weighted by molar-refractivity contribution is 0.240. The van der Waals surface area contributed by atoms with Crippen molar-refractivity contribution in [3.05, 3.63) is 90.5 Å². The molecule has 3 aromatic carbocycles. The maximum absolute atomic E-state index is 9.37. The molecule has 146 valence electrons. The van der Waals surface area contributed by atoms with Crippen LogP contribution in [-0.4, -0.2) is 6.10 Å². The van der Waals surface area contributed by atoms with Gasteiger partial charge in [-0.1, -0.05) is 24.3 Å². The summed E-state index contributed by atoms with van der Waals surface area (Å²) in [5.41, 5.74) is 2.60. The van der Waals surface area contributed by atoms with Gasteiger partial charge in [0.25, 0.3) is 0 Å². The largest absolute Gasteiger partial charge is 0.491 e. The molecule has 0 heterocycles. The highest BCUT2D eigenvalue weighted by Gasteiger charge is 2.13. The minimum Gasteiger partial charge on any atom is -0.491 e. The normalized spacial score (nSPS) is 10.6. The molecule has 3 rings (SSSR count). The van der Waals surface area contributed by atoms with E-state index in [2.05, 4.69) is 37.4 Å². The highest BCUT2D eigenvalue weighted by molar-refractivity contribution is 5.87. The summed E-state index contributed by atoms with van der Waals surface area (Å²) in [6, 6.07) is 17.8. The average Bonchev–Trinajstić information content (AvgIpc) is 2.69. The smallest absolute Gasteiger partial charge is 0.145 e. The molecule has 0 aromatic heterocycles. The quantitative estimate of drug-likeness (QED) is 0.404. The van der Waals surface area contributed by atoms with E-state index in [1.165, 1.54) is 0 Å². The summed E-state index contributed by atoms with van der Waals surface area (Å²) in [6.07, 6.45) is 5.20. The molecule has 0 radical (unpaired) electrons. The van der Waals surface area contributed by atoms with Crippen molar-refractivity contribution in [1.29, 1.82) is 5.26 Å². The van der Waals surface area contributed by atoms with Gasteiger partial charge in [0.15, 0.2) is 0 Å². The van der Waals surface area contributed by atoms with Crippen LogP contribution < -0.4 is 9.47 Å². The van der Waals surface area contributed by atoms with Gasteiger partial charge in [-0.05, 0) is 85.0 Å². The number of ether oxygens (including phenoxy) is 2. The number of para-hydroxylation sites is 1. The van der Waals surface area contributed by atoms with Gasteiger partial charge in [0.2, 0.25) is 0 Å². The first-order chi connectivity index (χ1) is 14.0. The molecule has 3 aromatic rings. The molecule has 0 fully saturated rings. The molecule has 0 bridgehead atoms. The van der Waals surface area contributed by atoms with E-state index in [0.29, 0.717) is 17.7 Å². The Kier molecular flexibility index (Phi) is 6.36. The molecular weight excluding hydrogens is 358 g/mol. The number of nitrogens with zero attached hydrogens (tertiary/aromatic N) is 1. The Bertz CT molecular complexity index is 1090. The van der Waals surface area contributed by atoms with Gasteiger partial charge in [0.1, 0.15) is 23.3 Å². The average molecular weight is 383 g/mol. The third-order valence-corrected chi connectivity index (χ3v) is 4.52. The van der Waals surface area contributed by atoms with E-state index < -0.39 is 0 Å². The number of benzene rings is 3. The fourth-order valence-electron chi connectivity index (χ4n) is 3.26. The Morgan fingerprint density at radius 1 is 0.897 bits per heavy atom. The third kappa shape index (κ3) is 4.67. The summed E-state index contributed by atoms with van der Waals surface area (Å²) in [7, 11) is 0. The molecule has 3 heteroatoms. The van der Waals surface area contributed by atoms with Crippen molar-refractivity contribution in [3.63, 3.8) is 0 Å². The van der Waals surface area contributed by atoms with Gasteiger partial charge in [-0.25, -0.2) is 0 Å². The Labute approximate surface area is 172 Å². The zero-order chi connectivity index (χ0) is 20.8. The maximum atomic E-state index is 9.37. The van der Waals surface area contributed by atoms with Crippen molar-refractivity contribution in [2.75, 3.05) is 0 Å². The third-order valence-electron chi connectivity index (χ3n) is 4.52. The van der Waals surface area contributed by atoms with Crippen LogP contribution in [0, 0.1) is 11.3 Å². The Hall–Kier alpha value is -3.51. The molecule has 29 heavy (non-hydrogen) atoms. The van der Waals surface area contributed by atoms with Crippen molar-refractivity contribution in [2.45, 2.75) is 32.8 Å². The second-order valence-corrected chi connectivity index (χ2v) is 7.13. The van der Waals surface area contributed by atoms with Crippen molar-refractivity contribution in [3.8, 4) is 23.3 Å². The van der Waals surface area contributed by atoms with E-state index in [0.717, 1.165) is 39.8 Å². The van der Waals surface area contributed by atoms with Crippen LogP contribution in [0.3, 0.4) is 0 Å². The molecular formula is C26H25NO2. The molecule has 0 aliphatic heterocycles. The fourth-order valence-corrected chi connectivity index (χ4v) is 3.26. The van der Waals surface area contributed by atoms with Crippen LogP contribution in [0.4, 0.5) is 0 Å². The van der Waals surface area contributed by atoms with Crippen molar-refractivity contribution in [1.82, 2.24) is 0 Å². The van der Waals surface area contributed by atoms with Gasteiger partial charge < -0.3 is 9.47 Å². The molecule has 3 nitrogen and oxygen atoms in total. The Morgan fingerprint density at radius 2 is 1.48 bits per heavy atom. The van der Waals surface area contributed by atoms with Crippen LogP contribution in [0.15, 0.2) is 73.8 Å². The lowest BCUT2D eigenvalue weighted by Crippen LogP contribution is -2.07. The van der Waals surface area contributed by atoms with Crippen LogP contribution in [0.5, 0.6) is 17.2 Å². The van der Waals surface area contributed by atoms with Crippen molar-refractivity contribution >= 4 is 10.8 Å². The van der Waals surface area contributed by atoms with Crippen LogP contribution in [0.25, 0.3) is 10.8 Å². The SMILES string of the molecule is C=CCc1cc2cc(OC(C)C)c(CC=C)cc2cc1Oc1ccccc1C#N. The van der Waals surface area contributed by atoms with Crippen LogP contribution in [0.2, 0.25) is 0 Å². The van der Waals surface area contributed by atoms with Gasteiger partial charge >= 0.3 is 0 Å². The van der Waals surface area contributed by atoms with Gasteiger partial charge in [0, 0.05) is 0 Å². The van der Waals surface area contributed by atoms with Gasteiger partial charge in [0.05, 0.1) is 11.7 Å². The summed E-state index contributed by atoms with van der Waals surface area (Å²) >= 11 is 0. The predicted octanol–water partition coefficient (Wildman–Crippen LogP) is 6.75. The predicted molar refractivity (Wildman–Crippen MR) is 119 cm³/mol. The van der Waals surface area contributed by atoms with Gasteiger partial charge in [-0.2, -0.15) is 5.26 Å². The first-order valence-corrected chi connectivity index (χ1v) is 9.70. The minimum atomic E-state index is 0.0914. The Balaban J connectivity index is 2.14. The van der Waals surface area contributed by atoms with E-state index >= 15 is 0 Å². The zero-order valence-electron chi connectivity index (χ0n) is 16.9. The number of rotatable bonds is 8. The van der Waals surface area contributed by atoms with Crippen molar-refractivity contribution in [2.24, 2.45) is 0 Å². The highest BCUT2D eigenvalue weighted by atomic mass is 16.5. The number of hydrogen-bond acceptors (Lipinski definition) is 3. The van der Waals surface area contributed by atoms with E-state index in [9.17, 15) is 5.26 Å². The molecule has 0 unspecified atom stereocenters. The summed E-state index contributed by atoms with van der Waals surface area (Å²) in [4.78, 5) is 0. The molecule has 0 saturated carbocycles. The molecule has 0 aliphatic rings.